The van der Waals surface area contributed by atoms with Crippen LogP contribution in [0.3, 0.4) is 0 Å². The van der Waals surface area contributed by atoms with E-state index in [0.29, 0.717) is 10.6 Å². The van der Waals surface area contributed by atoms with E-state index in [1.807, 2.05) is 18.2 Å². The van der Waals surface area contributed by atoms with Gasteiger partial charge in [-0.2, -0.15) is 0 Å². The number of pyridine rings is 2. The molecule has 1 unspecified atom stereocenters. The summed E-state index contributed by atoms with van der Waals surface area (Å²) in [6.45, 7) is 16.2. The summed E-state index contributed by atoms with van der Waals surface area (Å²) in [5.74, 6) is 0.0168. The van der Waals surface area contributed by atoms with Crippen molar-refractivity contribution >= 4 is 23.3 Å². The molecule has 214 valence electrons. The van der Waals surface area contributed by atoms with Crippen LogP contribution >= 0.6 is 12.6 Å². The third kappa shape index (κ3) is 11.4. The summed E-state index contributed by atoms with van der Waals surface area (Å²) in [7, 11) is 0. The lowest BCUT2D eigenvalue weighted by atomic mass is 10.1. The first kappa shape index (κ1) is 31.3. The number of aliphatic hydroxyl groups excluding tert-OH is 1. The lowest BCUT2D eigenvalue weighted by Gasteiger charge is -2.29. The number of ether oxygens (including phenoxy) is 1. The standard InChI is InChI=1S/C32H48N4O2S/c1-26(30-16-14-18-32(34-30)28(3)39)36-20-10-7-5-4-6-9-19-35(22-24-38-23-12-8-11-21-36)25-29-15-13-17-31(33-29)27(2)37/h13-18,26,37,39H,2-12,19-25H2,1H3. The summed E-state index contributed by atoms with van der Waals surface area (Å²) in [6.07, 6.45) is 10.9. The highest BCUT2D eigenvalue weighted by Gasteiger charge is 2.17. The molecule has 3 rings (SSSR count). The molecule has 2 aromatic rings. The molecule has 6 nitrogen and oxygen atoms in total. The van der Waals surface area contributed by atoms with Crippen LogP contribution in [0.4, 0.5) is 0 Å². The van der Waals surface area contributed by atoms with E-state index in [2.05, 4.69) is 59.6 Å². The second kappa shape index (κ2) is 17.5. The quantitative estimate of drug-likeness (QED) is 0.289. The van der Waals surface area contributed by atoms with Crippen molar-refractivity contribution < 1.29 is 9.84 Å². The molecule has 0 radical (unpaired) electrons. The molecule has 0 spiro atoms. The van der Waals surface area contributed by atoms with Gasteiger partial charge in [0, 0.05) is 30.6 Å². The van der Waals surface area contributed by atoms with Crippen molar-refractivity contribution in [2.75, 3.05) is 39.4 Å². The Bertz CT molecular complexity index is 1010. The minimum atomic E-state index is 0.0168. The molecule has 2 aromatic heterocycles. The predicted octanol–water partition coefficient (Wildman–Crippen LogP) is 7.31. The van der Waals surface area contributed by atoms with Crippen LogP contribution in [-0.4, -0.2) is 64.3 Å². The van der Waals surface area contributed by atoms with Gasteiger partial charge in [0.15, 0.2) is 0 Å². The van der Waals surface area contributed by atoms with Gasteiger partial charge in [-0.15, -0.1) is 12.6 Å². The van der Waals surface area contributed by atoms with Crippen molar-refractivity contribution in [3.8, 4) is 0 Å². The molecule has 0 amide bonds. The Kier molecular flexibility index (Phi) is 14.1. The van der Waals surface area contributed by atoms with Gasteiger partial charge in [0.1, 0.15) is 11.5 Å². The lowest BCUT2D eigenvalue weighted by Crippen LogP contribution is -2.30. The first-order chi connectivity index (χ1) is 18.9. The van der Waals surface area contributed by atoms with Crippen LogP contribution < -0.4 is 0 Å². The fraction of sp³-hybridized carbons (Fsp3) is 0.562. The summed E-state index contributed by atoms with van der Waals surface area (Å²) in [5, 5.41) is 9.71. The molecule has 1 atom stereocenters. The third-order valence-electron chi connectivity index (χ3n) is 7.49. The molecule has 7 heteroatoms. The van der Waals surface area contributed by atoms with Gasteiger partial charge < -0.3 is 9.84 Å². The van der Waals surface area contributed by atoms with Crippen molar-refractivity contribution in [2.24, 2.45) is 0 Å². The SMILES string of the molecule is C=C(O)c1cccc(CN2CCCCCCCCN(C(C)c3cccc(C(=C)S)n3)CCCCCOCC2)n1. The molecule has 0 bridgehead atoms. The highest BCUT2D eigenvalue weighted by molar-refractivity contribution is 7.90. The third-order valence-corrected chi connectivity index (χ3v) is 7.71. The molecule has 0 aliphatic carbocycles. The van der Waals surface area contributed by atoms with Crippen LogP contribution in [0.15, 0.2) is 49.6 Å². The minimum Gasteiger partial charge on any atom is -0.506 e. The van der Waals surface area contributed by atoms with E-state index in [-0.39, 0.29) is 11.8 Å². The van der Waals surface area contributed by atoms with Crippen molar-refractivity contribution in [2.45, 2.75) is 77.3 Å². The second-order valence-electron chi connectivity index (χ2n) is 10.6. The first-order valence-corrected chi connectivity index (χ1v) is 15.1. The summed E-state index contributed by atoms with van der Waals surface area (Å²) in [4.78, 5) is 15.1. The Morgan fingerprint density at radius 3 is 2.21 bits per heavy atom. The first-order valence-electron chi connectivity index (χ1n) is 14.7. The maximum Gasteiger partial charge on any atom is 0.134 e. The van der Waals surface area contributed by atoms with Gasteiger partial charge in [-0.3, -0.25) is 14.8 Å². The van der Waals surface area contributed by atoms with Crippen molar-refractivity contribution in [3.05, 3.63) is 72.3 Å². The van der Waals surface area contributed by atoms with Crippen LogP contribution in [0.25, 0.3) is 10.7 Å². The number of nitrogens with zero attached hydrogens (tertiary/aromatic N) is 4. The Morgan fingerprint density at radius 1 is 0.846 bits per heavy atom. The number of hydrogen-bond donors (Lipinski definition) is 2. The Hall–Kier alpha value is -2.19. The molecule has 1 aliphatic rings. The topological polar surface area (TPSA) is 61.7 Å². The van der Waals surface area contributed by atoms with Gasteiger partial charge in [0.05, 0.1) is 23.7 Å². The van der Waals surface area contributed by atoms with E-state index in [1.165, 1.54) is 38.5 Å². The molecule has 1 fully saturated rings. The summed E-state index contributed by atoms with van der Waals surface area (Å²) < 4.78 is 6.03. The van der Waals surface area contributed by atoms with Crippen LogP contribution in [0, 0.1) is 0 Å². The molecule has 3 heterocycles. The number of aliphatic hydroxyl groups is 1. The Balaban J connectivity index is 1.52. The number of aromatic nitrogens is 2. The average Bonchev–Trinajstić information content (AvgIpc) is 2.93. The fourth-order valence-corrected chi connectivity index (χ4v) is 5.23. The van der Waals surface area contributed by atoms with E-state index < -0.39 is 0 Å². The van der Waals surface area contributed by atoms with Crippen LogP contribution in [0.1, 0.15) is 93.5 Å². The van der Waals surface area contributed by atoms with Crippen molar-refractivity contribution in [3.63, 3.8) is 0 Å². The molecule has 0 saturated carbocycles. The van der Waals surface area contributed by atoms with E-state index in [0.717, 1.165) is 82.3 Å². The summed E-state index contributed by atoms with van der Waals surface area (Å²) in [5.41, 5.74) is 3.47. The summed E-state index contributed by atoms with van der Waals surface area (Å²) in [6, 6.07) is 12.2. The monoisotopic (exact) mass is 552 g/mol. The Morgan fingerprint density at radius 2 is 1.49 bits per heavy atom. The number of rotatable bonds is 6. The number of hydrogen-bond acceptors (Lipinski definition) is 7. The number of thiol groups is 1. The minimum absolute atomic E-state index is 0.0168. The van der Waals surface area contributed by atoms with Crippen LogP contribution in [-0.2, 0) is 11.3 Å². The predicted molar refractivity (Wildman–Crippen MR) is 166 cm³/mol. The Labute approximate surface area is 241 Å². The fourth-order valence-electron chi connectivity index (χ4n) is 5.11. The zero-order valence-corrected chi connectivity index (χ0v) is 24.8. The maximum absolute atomic E-state index is 9.71. The zero-order chi connectivity index (χ0) is 27.9. The van der Waals surface area contributed by atoms with Crippen molar-refractivity contribution in [1.29, 1.82) is 0 Å². The molecule has 1 aliphatic heterocycles. The normalized spacial score (nSPS) is 19.0. The van der Waals surface area contributed by atoms with E-state index >= 15 is 0 Å². The van der Waals surface area contributed by atoms with Gasteiger partial charge in [-0.05, 0) is 82.9 Å². The van der Waals surface area contributed by atoms with Crippen molar-refractivity contribution in [1.82, 2.24) is 19.8 Å². The molecule has 1 saturated heterocycles. The zero-order valence-electron chi connectivity index (χ0n) is 23.9. The molecule has 39 heavy (non-hydrogen) atoms. The highest BCUT2D eigenvalue weighted by atomic mass is 32.1. The van der Waals surface area contributed by atoms with Gasteiger partial charge in [-0.1, -0.05) is 51.0 Å². The lowest BCUT2D eigenvalue weighted by molar-refractivity contribution is 0.0958. The second-order valence-corrected chi connectivity index (χ2v) is 11.2. The molecular weight excluding hydrogens is 504 g/mol. The highest BCUT2D eigenvalue weighted by Crippen LogP contribution is 2.23. The van der Waals surface area contributed by atoms with Gasteiger partial charge >= 0.3 is 0 Å². The van der Waals surface area contributed by atoms with Gasteiger partial charge in [-0.25, -0.2) is 4.98 Å². The van der Waals surface area contributed by atoms with E-state index in [4.69, 9.17) is 9.72 Å². The van der Waals surface area contributed by atoms with Gasteiger partial charge in [0.25, 0.3) is 0 Å². The largest absolute Gasteiger partial charge is 0.506 e. The average molecular weight is 553 g/mol. The molecule has 1 N–H and O–H groups in total. The molecular formula is C32H48N4O2S. The smallest absolute Gasteiger partial charge is 0.134 e. The van der Waals surface area contributed by atoms with Gasteiger partial charge in [0.2, 0.25) is 0 Å². The van der Waals surface area contributed by atoms with Crippen LogP contribution in [0.2, 0.25) is 0 Å². The summed E-state index contributed by atoms with van der Waals surface area (Å²) >= 11 is 4.40. The van der Waals surface area contributed by atoms with Crippen LogP contribution in [0.5, 0.6) is 0 Å². The maximum atomic E-state index is 9.71. The molecule has 0 aromatic carbocycles. The van der Waals surface area contributed by atoms with E-state index in [9.17, 15) is 5.11 Å². The van der Waals surface area contributed by atoms with E-state index in [1.54, 1.807) is 6.07 Å².